The zero-order chi connectivity index (χ0) is 17.9. The van der Waals surface area contributed by atoms with Gasteiger partial charge in [-0.2, -0.15) is 0 Å². The first kappa shape index (κ1) is 22.5. The fraction of sp³-hybridized carbons (Fsp3) is 0.600. The Bertz CT molecular complexity index is 533. The highest BCUT2D eigenvalue weighted by atomic mass is 35.5. The van der Waals surface area contributed by atoms with Gasteiger partial charge in [0.1, 0.15) is 0 Å². The van der Waals surface area contributed by atoms with Crippen LogP contribution >= 0.6 is 12.4 Å². The minimum absolute atomic E-state index is 0. The fourth-order valence-electron chi connectivity index (χ4n) is 3.39. The molecule has 0 aliphatic heterocycles. The van der Waals surface area contributed by atoms with Crippen LogP contribution in [0.2, 0.25) is 0 Å². The van der Waals surface area contributed by atoms with E-state index in [1.54, 1.807) is 4.90 Å². The Labute approximate surface area is 163 Å². The minimum Gasteiger partial charge on any atom is -0.355 e. The molecule has 0 unspecified atom stereocenters. The third kappa shape index (κ3) is 7.75. The summed E-state index contributed by atoms with van der Waals surface area (Å²) >= 11 is 0. The van der Waals surface area contributed by atoms with Gasteiger partial charge in [-0.15, -0.1) is 12.4 Å². The van der Waals surface area contributed by atoms with Gasteiger partial charge < -0.3 is 16.0 Å². The van der Waals surface area contributed by atoms with E-state index < -0.39 is 0 Å². The van der Waals surface area contributed by atoms with Crippen LogP contribution in [-0.2, 0) is 16.0 Å². The maximum absolute atomic E-state index is 12.4. The number of benzene rings is 1. The van der Waals surface area contributed by atoms with E-state index in [1.165, 1.54) is 12.0 Å². The fourth-order valence-corrected chi connectivity index (χ4v) is 3.39. The average molecular weight is 382 g/mol. The van der Waals surface area contributed by atoms with E-state index in [4.69, 9.17) is 5.73 Å². The van der Waals surface area contributed by atoms with Crippen molar-refractivity contribution in [3.63, 3.8) is 0 Å². The van der Waals surface area contributed by atoms with Crippen LogP contribution in [0.15, 0.2) is 30.3 Å². The number of nitrogens with one attached hydrogen (secondary N) is 1. The van der Waals surface area contributed by atoms with Crippen molar-refractivity contribution in [3.8, 4) is 0 Å². The monoisotopic (exact) mass is 381 g/mol. The number of hydrogen-bond acceptors (Lipinski definition) is 3. The second kappa shape index (κ2) is 12.7. The first-order valence-electron chi connectivity index (χ1n) is 9.50. The summed E-state index contributed by atoms with van der Waals surface area (Å²) in [6.45, 7) is 2.09. The normalized spacial score (nSPS) is 14.3. The Morgan fingerprint density at radius 1 is 1.08 bits per heavy atom. The molecule has 146 valence electrons. The maximum Gasteiger partial charge on any atom is 0.224 e. The number of nitrogens with two attached hydrogens (primary N) is 1. The highest BCUT2D eigenvalue weighted by molar-refractivity contribution is 5.85. The molecule has 0 heterocycles. The lowest BCUT2D eigenvalue weighted by Crippen LogP contribution is -2.39. The summed E-state index contributed by atoms with van der Waals surface area (Å²) in [6.07, 6.45) is 6.64. The van der Waals surface area contributed by atoms with E-state index in [0.29, 0.717) is 32.6 Å². The molecule has 0 spiro atoms. The average Bonchev–Trinajstić information content (AvgIpc) is 2.66. The van der Waals surface area contributed by atoms with Gasteiger partial charge in [-0.25, -0.2) is 0 Å². The molecule has 0 aromatic heterocycles. The van der Waals surface area contributed by atoms with Crippen LogP contribution in [0.1, 0.15) is 44.1 Å². The number of carbonyl (C=O) groups excluding carboxylic acids is 2. The molecule has 5 nitrogen and oxygen atoms in total. The molecular formula is C20H32ClN3O2. The largest absolute Gasteiger partial charge is 0.355 e. The maximum atomic E-state index is 12.4. The van der Waals surface area contributed by atoms with E-state index in [9.17, 15) is 9.59 Å². The van der Waals surface area contributed by atoms with Crippen LogP contribution in [-0.4, -0.2) is 42.9 Å². The van der Waals surface area contributed by atoms with Gasteiger partial charge in [-0.05, 0) is 24.8 Å². The first-order chi connectivity index (χ1) is 12.2. The van der Waals surface area contributed by atoms with Gasteiger partial charge in [0.25, 0.3) is 0 Å². The Hall–Kier alpha value is -1.59. The van der Waals surface area contributed by atoms with Crippen molar-refractivity contribution in [1.29, 1.82) is 0 Å². The Morgan fingerprint density at radius 2 is 1.77 bits per heavy atom. The van der Waals surface area contributed by atoms with Crippen LogP contribution in [0.3, 0.4) is 0 Å². The summed E-state index contributed by atoms with van der Waals surface area (Å²) in [5.41, 5.74) is 6.86. The quantitative estimate of drug-likeness (QED) is 0.690. The van der Waals surface area contributed by atoms with Crippen molar-refractivity contribution in [2.45, 2.75) is 44.9 Å². The number of amides is 2. The number of carbonyl (C=O) groups is 2. The summed E-state index contributed by atoms with van der Waals surface area (Å²) in [7, 11) is 0. The SMILES string of the molecule is Cl.NCCN(CCc1ccccc1)C(=O)CCNC(=O)C1CCCCC1. The molecule has 1 aromatic carbocycles. The van der Waals surface area contributed by atoms with Crippen LogP contribution in [0.5, 0.6) is 0 Å². The second-order valence-electron chi connectivity index (χ2n) is 6.78. The van der Waals surface area contributed by atoms with Crippen LogP contribution in [0.4, 0.5) is 0 Å². The van der Waals surface area contributed by atoms with Crippen molar-refractivity contribution in [2.24, 2.45) is 11.7 Å². The van der Waals surface area contributed by atoms with Crippen molar-refractivity contribution < 1.29 is 9.59 Å². The molecule has 1 aliphatic carbocycles. The van der Waals surface area contributed by atoms with Crippen molar-refractivity contribution >= 4 is 24.2 Å². The molecule has 3 N–H and O–H groups in total. The van der Waals surface area contributed by atoms with Crippen molar-refractivity contribution in [1.82, 2.24) is 10.2 Å². The lowest BCUT2D eigenvalue weighted by molar-refractivity contribution is -0.131. The van der Waals surface area contributed by atoms with Gasteiger partial charge in [0.05, 0.1) is 0 Å². The van der Waals surface area contributed by atoms with E-state index in [-0.39, 0.29) is 30.1 Å². The number of hydrogen-bond donors (Lipinski definition) is 2. The number of nitrogens with zero attached hydrogens (tertiary/aromatic N) is 1. The van der Waals surface area contributed by atoms with E-state index in [2.05, 4.69) is 17.4 Å². The minimum atomic E-state index is 0. The van der Waals surface area contributed by atoms with Gasteiger partial charge in [-0.1, -0.05) is 49.6 Å². The lowest BCUT2D eigenvalue weighted by atomic mass is 9.89. The third-order valence-electron chi connectivity index (χ3n) is 4.88. The van der Waals surface area contributed by atoms with Gasteiger partial charge >= 0.3 is 0 Å². The lowest BCUT2D eigenvalue weighted by Gasteiger charge is -2.23. The Balaban J connectivity index is 0.00000338. The summed E-state index contributed by atoms with van der Waals surface area (Å²) in [5, 5.41) is 2.94. The molecule has 6 heteroatoms. The Kier molecular flexibility index (Phi) is 11.0. The van der Waals surface area contributed by atoms with Gasteiger partial charge in [0.15, 0.2) is 0 Å². The summed E-state index contributed by atoms with van der Waals surface area (Å²) in [6, 6.07) is 10.1. The molecule has 0 bridgehead atoms. The van der Waals surface area contributed by atoms with Crippen molar-refractivity contribution in [2.75, 3.05) is 26.2 Å². The van der Waals surface area contributed by atoms with Crippen LogP contribution in [0, 0.1) is 5.92 Å². The molecule has 2 amide bonds. The van der Waals surface area contributed by atoms with Gasteiger partial charge in [-0.3, -0.25) is 9.59 Å². The second-order valence-corrected chi connectivity index (χ2v) is 6.78. The van der Waals surface area contributed by atoms with E-state index >= 15 is 0 Å². The molecule has 1 fully saturated rings. The smallest absolute Gasteiger partial charge is 0.224 e. The summed E-state index contributed by atoms with van der Waals surface area (Å²) in [4.78, 5) is 26.4. The molecule has 1 aromatic rings. The molecule has 26 heavy (non-hydrogen) atoms. The molecular weight excluding hydrogens is 350 g/mol. The van der Waals surface area contributed by atoms with Gasteiger partial charge in [0, 0.05) is 38.5 Å². The zero-order valence-electron chi connectivity index (χ0n) is 15.5. The molecule has 0 radical (unpaired) electrons. The van der Waals surface area contributed by atoms with Crippen LogP contribution in [0.25, 0.3) is 0 Å². The van der Waals surface area contributed by atoms with Crippen molar-refractivity contribution in [3.05, 3.63) is 35.9 Å². The molecule has 1 saturated carbocycles. The summed E-state index contributed by atoms with van der Waals surface area (Å²) < 4.78 is 0. The topological polar surface area (TPSA) is 75.4 Å². The predicted octanol–water partition coefficient (Wildman–Crippen LogP) is 2.52. The molecule has 0 saturated heterocycles. The molecule has 2 rings (SSSR count). The first-order valence-corrected chi connectivity index (χ1v) is 9.50. The molecule has 0 atom stereocenters. The third-order valence-corrected chi connectivity index (χ3v) is 4.88. The highest BCUT2D eigenvalue weighted by Gasteiger charge is 2.21. The zero-order valence-corrected chi connectivity index (χ0v) is 16.3. The standard InChI is InChI=1S/C20H31N3O2.ClH/c21-13-16-23(15-12-17-7-3-1-4-8-17)19(24)11-14-22-20(25)18-9-5-2-6-10-18;/h1,3-4,7-8,18H,2,5-6,9-16,21H2,(H,22,25);1H. The highest BCUT2D eigenvalue weighted by Crippen LogP contribution is 2.23. The number of halogens is 1. The van der Waals surface area contributed by atoms with Gasteiger partial charge in [0.2, 0.25) is 11.8 Å². The van der Waals surface area contributed by atoms with E-state index in [0.717, 1.165) is 32.1 Å². The van der Waals surface area contributed by atoms with E-state index in [1.807, 2.05) is 18.2 Å². The number of rotatable bonds is 9. The summed E-state index contributed by atoms with van der Waals surface area (Å²) in [5.74, 6) is 0.314. The predicted molar refractivity (Wildman–Crippen MR) is 107 cm³/mol. The Morgan fingerprint density at radius 3 is 2.42 bits per heavy atom. The molecule has 1 aliphatic rings. The van der Waals surface area contributed by atoms with Crippen LogP contribution < -0.4 is 11.1 Å².